The molecule has 0 saturated carbocycles. The Bertz CT molecular complexity index is 1080. The molecule has 0 aliphatic carbocycles. The fraction of sp³-hybridized carbons (Fsp3) is 0.438. The summed E-state index contributed by atoms with van der Waals surface area (Å²) in [7, 11) is -3.54. The third-order valence-electron chi connectivity index (χ3n) is 4.52. The molecule has 0 aromatic carbocycles. The SMILES string of the molecule is Cc1nn(Cc2noc(-c3ccc(Br)o3)n2)c(C)c1S(=O)(=O)N1CCCC1. The summed E-state index contributed by atoms with van der Waals surface area (Å²) in [6, 6.07) is 3.45. The van der Waals surface area contributed by atoms with Gasteiger partial charge in [0, 0.05) is 13.1 Å². The van der Waals surface area contributed by atoms with Gasteiger partial charge in [-0.05, 0) is 54.8 Å². The molecular weight excluding hydrogens is 438 g/mol. The standard InChI is InChI=1S/C16H18BrN5O4S/c1-10-15(27(23,24)21-7-3-4-8-21)11(2)22(19-10)9-14-18-16(26-20-14)12-5-6-13(17)25-12/h5-6H,3-4,7-9H2,1-2H3. The molecule has 0 atom stereocenters. The van der Waals surface area contributed by atoms with Gasteiger partial charge in [0.2, 0.25) is 10.0 Å². The highest BCUT2D eigenvalue weighted by Crippen LogP contribution is 2.27. The minimum absolute atomic E-state index is 0.202. The van der Waals surface area contributed by atoms with Gasteiger partial charge in [-0.1, -0.05) is 5.16 Å². The predicted octanol–water partition coefficient (Wildman–Crippen LogP) is 2.74. The molecule has 0 amide bonds. The first-order chi connectivity index (χ1) is 12.9. The molecule has 1 aliphatic heterocycles. The Morgan fingerprint density at radius 2 is 1.96 bits per heavy atom. The first-order valence-corrected chi connectivity index (χ1v) is 10.7. The zero-order valence-electron chi connectivity index (χ0n) is 14.8. The van der Waals surface area contributed by atoms with Crippen LogP contribution in [0.15, 0.2) is 30.6 Å². The van der Waals surface area contributed by atoms with Crippen molar-refractivity contribution in [1.29, 1.82) is 0 Å². The Kier molecular flexibility index (Phi) is 4.68. The highest BCUT2D eigenvalue weighted by molar-refractivity contribution is 9.10. The Morgan fingerprint density at radius 1 is 1.22 bits per heavy atom. The molecule has 0 N–H and O–H groups in total. The Labute approximate surface area is 164 Å². The van der Waals surface area contributed by atoms with Crippen LogP contribution in [0.4, 0.5) is 0 Å². The summed E-state index contributed by atoms with van der Waals surface area (Å²) in [6.07, 6.45) is 1.78. The van der Waals surface area contributed by atoms with Crippen molar-refractivity contribution in [2.24, 2.45) is 0 Å². The average Bonchev–Trinajstić information content (AvgIpc) is 3.37. The topological polar surface area (TPSA) is 107 Å². The molecule has 1 aliphatic rings. The predicted molar refractivity (Wildman–Crippen MR) is 98.5 cm³/mol. The van der Waals surface area contributed by atoms with E-state index in [9.17, 15) is 8.42 Å². The molecule has 0 radical (unpaired) electrons. The molecule has 0 spiro atoms. The number of hydrogen-bond acceptors (Lipinski definition) is 7. The van der Waals surface area contributed by atoms with Crippen molar-refractivity contribution < 1.29 is 17.4 Å². The van der Waals surface area contributed by atoms with E-state index >= 15 is 0 Å². The maximum absolute atomic E-state index is 12.9. The van der Waals surface area contributed by atoms with E-state index in [2.05, 4.69) is 31.2 Å². The quantitative estimate of drug-likeness (QED) is 0.581. The summed E-state index contributed by atoms with van der Waals surface area (Å²) in [4.78, 5) is 4.56. The van der Waals surface area contributed by atoms with Crippen LogP contribution in [0.3, 0.4) is 0 Å². The summed E-state index contributed by atoms with van der Waals surface area (Å²) in [5.74, 6) is 1.08. The summed E-state index contributed by atoms with van der Waals surface area (Å²) >= 11 is 3.23. The van der Waals surface area contributed by atoms with Crippen LogP contribution in [-0.4, -0.2) is 45.7 Å². The van der Waals surface area contributed by atoms with Crippen molar-refractivity contribution in [3.8, 4) is 11.7 Å². The van der Waals surface area contributed by atoms with Gasteiger partial charge in [0.15, 0.2) is 16.3 Å². The van der Waals surface area contributed by atoms with Gasteiger partial charge in [-0.25, -0.2) is 8.42 Å². The van der Waals surface area contributed by atoms with Crippen molar-refractivity contribution in [3.63, 3.8) is 0 Å². The second-order valence-corrected chi connectivity index (χ2v) is 9.04. The van der Waals surface area contributed by atoms with Gasteiger partial charge in [-0.15, -0.1) is 0 Å². The lowest BCUT2D eigenvalue weighted by Gasteiger charge is -2.15. The molecule has 1 saturated heterocycles. The molecule has 27 heavy (non-hydrogen) atoms. The molecule has 144 valence electrons. The van der Waals surface area contributed by atoms with Crippen LogP contribution < -0.4 is 0 Å². The van der Waals surface area contributed by atoms with E-state index in [1.165, 1.54) is 4.31 Å². The van der Waals surface area contributed by atoms with E-state index < -0.39 is 10.0 Å². The fourth-order valence-corrected chi connectivity index (χ4v) is 5.44. The third kappa shape index (κ3) is 3.34. The summed E-state index contributed by atoms with van der Waals surface area (Å²) in [5.41, 5.74) is 1.03. The van der Waals surface area contributed by atoms with E-state index in [0.717, 1.165) is 12.8 Å². The van der Waals surface area contributed by atoms with Crippen LogP contribution >= 0.6 is 15.9 Å². The van der Waals surface area contributed by atoms with Gasteiger partial charge in [0.05, 0.1) is 11.4 Å². The monoisotopic (exact) mass is 455 g/mol. The maximum atomic E-state index is 12.9. The average molecular weight is 456 g/mol. The summed E-state index contributed by atoms with van der Waals surface area (Å²) in [6.45, 7) is 4.76. The van der Waals surface area contributed by atoms with Crippen molar-refractivity contribution in [3.05, 3.63) is 34.0 Å². The first kappa shape index (κ1) is 18.4. The zero-order chi connectivity index (χ0) is 19.2. The van der Waals surface area contributed by atoms with Crippen LogP contribution in [-0.2, 0) is 16.6 Å². The van der Waals surface area contributed by atoms with E-state index in [4.69, 9.17) is 8.94 Å². The van der Waals surface area contributed by atoms with Gasteiger partial charge < -0.3 is 8.94 Å². The van der Waals surface area contributed by atoms with Crippen LogP contribution in [0.5, 0.6) is 0 Å². The molecule has 1 fully saturated rings. The van der Waals surface area contributed by atoms with E-state index in [-0.39, 0.29) is 17.3 Å². The number of aryl methyl sites for hydroxylation is 1. The lowest BCUT2D eigenvalue weighted by atomic mass is 10.4. The zero-order valence-corrected chi connectivity index (χ0v) is 17.2. The third-order valence-corrected chi connectivity index (χ3v) is 7.10. The second kappa shape index (κ2) is 6.88. The number of halogens is 1. The minimum atomic E-state index is -3.54. The summed E-state index contributed by atoms with van der Waals surface area (Å²) < 4.78 is 40.2. The molecule has 11 heteroatoms. The highest BCUT2D eigenvalue weighted by atomic mass is 79.9. The minimum Gasteiger partial charge on any atom is -0.444 e. The first-order valence-electron chi connectivity index (χ1n) is 8.48. The van der Waals surface area contributed by atoms with Crippen molar-refractivity contribution in [1.82, 2.24) is 24.2 Å². The van der Waals surface area contributed by atoms with Crippen LogP contribution in [0.25, 0.3) is 11.7 Å². The fourth-order valence-electron chi connectivity index (χ4n) is 3.25. The van der Waals surface area contributed by atoms with Crippen LogP contribution in [0.1, 0.15) is 30.1 Å². The molecule has 3 aromatic heterocycles. The van der Waals surface area contributed by atoms with Crippen molar-refractivity contribution in [2.75, 3.05) is 13.1 Å². The maximum Gasteiger partial charge on any atom is 0.293 e. The largest absolute Gasteiger partial charge is 0.444 e. The van der Waals surface area contributed by atoms with Gasteiger partial charge in [-0.2, -0.15) is 14.4 Å². The van der Waals surface area contributed by atoms with Gasteiger partial charge in [-0.3, -0.25) is 4.68 Å². The van der Waals surface area contributed by atoms with Crippen LogP contribution in [0.2, 0.25) is 0 Å². The number of aromatic nitrogens is 4. The van der Waals surface area contributed by atoms with Crippen molar-refractivity contribution >= 4 is 26.0 Å². The Balaban J connectivity index is 1.62. The van der Waals surface area contributed by atoms with Crippen molar-refractivity contribution in [2.45, 2.75) is 38.1 Å². The number of nitrogens with zero attached hydrogens (tertiary/aromatic N) is 5. The van der Waals surface area contributed by atoms with Gasteiger partial charge in [0.25, 0.3) is 5.89 Å². The number of rotatable bonds is 5. The van der Waals surface area contributed by atoms with E-state index in [1.807, 2.05) is 0 Å². The molecule has 0 unspecified atom stereocenters. The molecule has 4 heterocycles. The Morgan fingerprint density at radius 3 is 2.63 bits per heavy atom. The molecule has 9 nitrogen and oxygen atoms in total. The van der Waals surface area contributed by atoms with Crippen LogP contribution in [0, 0.1) is 13.8 Å². The molecular formula is C16H18BrN5O4S. The normalized spacial score (nSPS) is 15.7. The molecule has 3 aromatic rings. The summed E-state index contributed by atoms with van der Waals surface area (Å²) in [5, 5.41) is 8.32. The number of furan rings is 1. The van der Waals surface area contributed by atoms with E-state index in [0.29, 0.717) is 40.7 Å². The lowest BCUT2D eigenvalue weighted by Crippen LogP contribution is -2.28. The molecule has 4 rings (SSSR count). The second-order valence-electron chi connectivity index (χ2n) is 6.39. The lowest BCUT2D eigenvalue weighted by molar-refractivity contribution is 0.404. The Hall–Kier alpha value is -1.98. The number of hydrogen-bond donors (Lipinski definition) is 0. The van der Waals surface area contributed by atoms with E-state index in [1.54, 1.807) is 30.7 Å². The van der Waals surface area contributed by atoms with Gasteiger partial charge >= 0.3 is 0 Å². The molecule has 0 bridgehead atoms. The smallest absolute Gasteiger partial charge is 0.293 e. The van der Waals surface area contributed by atoms with Gasteiger partial charge in [0.1, 0.15) is 11.4 Å². The highest BCUT2D eigenvalue weighted by Gasteiger charge is 2.32. The number of sulfonamides is 1.